The molecule has 6 aromatic carbocycles. The van der Waals surface area contributed by atoms with Crippen molar-refractivity contribution in [2.24, 2.45) is 21.5 Å². The Morgan fingerprint density at radius 2 is 1.00 bits per heavy atom. The first-order chi connectivity index (χ1) is 34.0. The van der Waals surface area contributed by atoms with Crippen molar-refractivity contribution in [1.29, 1.82) is 0 Å². The van der Waals surface area contributed by atoms with Crippen molar-refractivity contribution in [2.45, 2.75) is 79.4 Å². The van der Waals surface area contributed by atoms with Crippen molar-refractivity contribution in [3.8, 4) is 11.5 Å². The van der Waals surface area contributed by atoms with Gasteiger partial charge in [-0.25, -0.2) is 4.57 Å². The molecular formula is C57H45N5NaO7P. The van der Waals surface area contributed by atoms with E-state index in [0.29, 0.717) is 48.1 Å². The van der Waals surface area contributed by atoms with E-state index in [1.165, 1.54) is 78.9 Å². The van der Waals surface area contributed by atoms with E-state index in [2.05, 4.69) is 87.8 Å². The summed E-state index contributed by atoms with van der Waals surface area (Å²) in [6, 6.07) is 37.8. The molecule has 0 fully saturated rings. The van der Waals surface area contributed by atoms with Gasteiger partial charge in [0.05, 0.1) is 12.3 Å². The zero-order valence-electron chi connectivity index (χ0n) is 38.7. The Morgan fingerprint density at radius 3 is 1.44 bits per heavy atom. The molecular weight excluding hydrogens is 921 g/mol. The maximum atomic E-state index is 13.2. The summed E-state index contributed by atoms with van der Waals surface area (Å²) in [5.74, 6) is 0.822. The number of ether oxygens (including phenoxy) is 1. The summed E-state index contributed by atoms with van der Waals surface area (Å²) in [6.07, 6.45) is 4.31. The minimum absolute atomic E-state index is 0. The first kappa shape index (κ1) is 43.5. The SMILES string of the molecule is NC(N)=NC(=O)c1ccc(C([O-])=Nc2ccc(CCOc3c4c(c(OP(=O)(O)O)c5c3[C@@H]3C[C@H]5c5cc6c(cc53)[C@@H]3C[C@H]6c5ccccc53)[C@H]3C[C@@H]4c4cc5c(cc43)[C@@H]3C[C@H]5c4ccccc43)cc2)[nH]1.[Na+]. The molecule has 8 atom stereocenters. The number of hydrogen-bond donors (Lipinski definition) is 5. The molecule has 0 radical (unpaired) electrons. The molecule has 0 unspecified atom stereocenters. The molecule has 12 nitrogen and oxygen atoms in total. The van der Waals surface area contributed by atoms with E-state index in [0.717, 1.165) is 59.3 Å². The van der Waals surface area contributed by atoms with Gasteiger partial charge in [0, 0.05) is 87.6 Å². The van der Waals surface area contributed by atoms with Crippen molar-refractivity contribution in [2.75, 3.05) is 6.61 Å². The van der Waals surface area contributed by atoms with Crippen LogP contribution in [-0.2, 0) is 11.0 Å². The number of amides is 1. The van der Waals surface area contributed by atoms with E-state index >= 15 is 0 Å². The number of aromatic nitrogens is 1. The Bertz CT molecular complexity index is 3490. The number of aromatic amines is 1. The fourth-order valence-corrected chi connectivity index (χ4v) is 15.3. The summed E-state index contributed by atoms with van der Waals surface area (Å²) in [7, 11) is -5.00. The summed E-state index contributed by atoms with van der Waals surface area (Å²) >= 11 is 0. The van der Waals surface area contributed by atoms with Crippen LogP contribution in [0.15, 0.2) is 119 Å². The standard InChI is InChI=1S/C57H46N5O7P.Na/c58-57(59)62-56(64)48-14-13-47(61-48)55(63)60-26-11-9-25(10-12-26)15-16-68-53-49-43-23-45(41-21-37-33-17-31(35(37)19-39(41)43)27-5-1-3-7-29(27)33)51(49)54(69-70(65,66)67)52-46-24-44(50(52)53)40-20-36-32-18-34(38(36)22-42(40)46)30-8-4-2-6-28(30)32;/h1-14,19-22,31-34,43-46,61H,15-18,23-24H2,(H,60,63)(H2,65,66,67)(H4,58,59,62,64);/q;+1/p-1/t31-,32+,33+,34-,43-,44-,45+,46+;/m1./s1. The quantitative estimate of drug-likeness (QED) is 0.0506. The fourth-order valence-electron chi connectivity index (χ4n) is 14.8. The maximum absolute atomic E-state index is 13.2. The summed E-state index contributed by atoms with van der Waals surface area (Å²) < 4.78 is 26.5. The third-order valence-electron chi connectivity index (χ3n) is 17.3. The monoisotopic (exact) mass is 965 g/mol. The molecule has 346 valence electrons. The van der Waals surface area contributed by atoms with Gasteiger partial charge in [0.25, 0.3) is 5.91 Å². The zero-order chi connectivity index (χ0) is 47.1. The number of nitrogens with two attached hydrogens (primary N) is 2. The van der Waals surface area contributed by atoms with Gasteiger partial charge in [-0.15, -0.1) is 0 Å². The molecule has 0 saturated carbocycles. The number of phosphoric ester groups is 1. The maximum Gasteiger partial charge on any atom is 1.00 e. The van der Waals surface area contributed by atoms with Gasteiger partial charge in [-0.2, -0.15) is 4.99 Å². The Morgan fingerprint density at radius 1 is 0.592 bits per heavy atom. The minimum Gasteiger partial charge on any atom is -0.857 e. The molecule has 0 spiro atoms. The zero-order valence-corrected chi connectivity index (χ0v) is 41.6. The second-order valence-corrected chi connectivity index (χ2v) is 21.7. The minimum atomic E-state index is -5.00. The number of H-pyrrole nitrogens is 1. The molecule has 0 aliphatic heterocycles. The van der Waals surface area contributed by atoms with Crippen LogP contribution in [0.25, 0.3) is 0 Å². The largest absolute Gasteiger partial charge is 1.00 e. The molecule has 15 rings (SSSR count). The Balaban J connectivity index is 0.00000470. The Hall–Kier alpha value is -6.24. The number of hydrogen-bond acceptors (Lipinski definition) is 6. The van der Waals surface area contributed by atoms with Crippen molar-refractivity contribution < 1.29 is 63.1 Å². The number of nitrogens with zero attached hydrogens (tertiary/aromatic N) is 2. The number of aliphatic imine (C=N–C) groups is 2. The van der Waals surface area contributed by atoms with Gasteiger partial charge in [-0.1, -0.05) is 84.9 Å². The van der Waals surface area contributed by atoms with Crippen LogP contribution in [0, 0.1) is 0 Å². The van der Waals surface area contributed by atoms with E-state index in [1.807, 2.05) is 12.1 Å². The predicted molar refractivity (Wildman–Crippen MR) is 261 cm³/mol. The van der Waals surface area contributed by atoms with Gasteiger partial charge >= 0.3 is 37.4 Å². The van der Waals surface area contributed by atoms with Crippen LogP contribution in [0.3, 0.4) is 0 Å². The van der Waals surface area contributed by atoms with Crippen LogP contribution in [0.4, 0.5) is 5.69 Å². The molecule has 8 aliphatic rings. The smallest absolute Gasteiger partial charge is 0.857 e. The molecule has 14 heteroatoms. The van der Waals surface area contributed by atoms with E-state index in [4.69, 9.17) is 20.7 Å². The first-order valence-corrected chi connectivity index (χ1v) is 25.8. The van der Waals surface area contributed by atoms with Gasteiger partial charge in [-0.05, 0) is 122 Å². The van der Waals surface area contributed by atoms with Gasteiger partial charge in [0.1, 0.15) is 17.2 Å². The predicted octanol–water partition coefficient (Wildman–Crippen LogP) is 5.89. The summed E-state index contributed by atoms with van der Waals surface area (Å²) in [4.78, 5) is 44.3. The number of carbonyl (C=O) groups is 1. The molecule has 1 heterocycles. The summed E-state index contributed by atoms with van der Waals surface area (Å²) in [5.41, 5.74) is 32.5. The van der Waals surface area contributed by atoms with Crippen molar-refractivity contribution in [3.63, 3.8) is 0 Å². The normalized spacial score (nSPS) is 24.1. The summed E-state index contributed by atoms with van der Waals surface area (Å²) in [6.45, 7) is 0.353. The van der Waals surface area contributed by atoms with Crippen LogP contribution in [0.2, 0.25) is 0 Å². The van der Waals surface area contributed by atoms with Crippen molar-refractivity contribution in [1.82, 2.24) is 4.98 Å². The topological polar surface area (TPSA) is 209 Å². The Kier molecular flexibility index (Phi) is 9.44. The van der Waals surface area contributed by atoms with E-state index in [9.17, 15) is 24.3 Å². The average molecular weight is 966 g/mol. The molecule has 7 N–H and O–H groups in total. The number of nitrogens with one attached hydrogen (secondary N) is 1. The molecule has 1 aromatic heterocycles. The van der Waals surface area contributed by atoms with Crippen LogP contribution in [0.5, 0.6) is 11.5 Å². The van der Waals surface area contributed by atoms with Crippen LogP contribution in [0.1, 0.15) is 184 Å². The van der Waals surface area contributed by atoms with Crippen LogP contribution >= 0.6 is 7.82 Å². The fraction of sp³-hybridized carbons (Fsp3) is 0.246. The van der Waals surface area contributed by atoms with Gasteiger partial charge in [0.2, 0.25) is 0 Å². The second-order valence-electron chi connectivity index (χ2n) is 20.5. The van der Waals surface area contributed by atoms with Gasteiger partial charge < -0.3 is 30.8 Å². The Labute approximate surface area is 430 Å². The molecule has 7 aromatic rings. The third-order valence-corrected chi connectivity index (χ3v) is 17.7. The molecule has 71 heavy (non-hydrogen) atoms. The molecule has 1 amide bonds. The number of phosphoric acid groups is 1. The number of rotatable bonds is 9. The van der Waals surface area contributed by atoms with Crippen LogP contribution < -0.4 is 55.4 Å². The van der Waals surface area contributed by atoms with Crippen molar-refractivity contribution >= 4 is 31.3 Å². The van der Waals surface area contributed by atoms with E-state index in [-0.39, 0.29) is 70.6 Å². The van der Waals surface area contributed by atoms with E-state index in [1.54, 1.807) is 12.1 Å². The molecule has 8 bridgehead atoms. The number of guanidine groups is 1. The van der Waals surface area contributed by atoms with Crippen LogP contribution in [-0.4, -0.2) is 39.1 Å². The average Bonchev–Trinajstić information content (AvgIpc) is 4.23. The first-order valence-electron chi connectivity index (χ1n) is 24.3. The summed E-state index contributed by atoms with van der Waals surface area (Å²) in [5, 5.41) is 13.0. The third kappa shape index (κ3) is 6.22. The molecule has 0 saturated heterocycles. The second kappa shape index (κ2) is 15.4. The van der Waals surface area contributed by atoms with Gasteiger partial charge in [-0.3, -0.25) is 19.6 Å². The molecule has 8 aliphatic carbocycles. The number of fused-ring (bicyclic) bond motifs is 32. The number of benzene rings is 6. The van der Waals surface area contributed by atoms with E-state index < -0.39 is 19.6 Å². The van der Waals surface area contributed by atoms with Gasteiger partial charge in [0.15, 0.2) is 5.96 Å². The number of carbonyl (C=O) groups excluding carboxylic acids is 1. The van der Waals surface area contributed by atoms with Crippen molar-refractivity contribution in [3.05, 3.63) is 215 Å².